The fourth-order valence-electron chi connectivity index (χ4n) is 2.36. The maximum Gasteiger partial charge on any atom is 0.191 e. The van der Waals surface area contributed by atoms with Gasteiger partial charge in [-0.3, -0.25) is 9.89 Å². The van der Waals surface area contributed by atoms with Crippen molar-refractivity contribution in [3.05, 3.63) is 30.3 Å². The number of hydrogen-bond donors (Lipinski definition) is 2. The summed E-state index contributed by atoms with van der Waals surface area (Å²) in [7, 11) is 1.80. The summed E-state index contributed by atoms with van der Waals surface area (Å²) in [6.07, 6.45) is 0.930. The lowest BCUT2D eigenvalue weighted by molar-refractivity contribution is 0.0389. The maximum absolute atomic E-state index is 5.66. The highest BCUT2D eigenvalue weighted by molar-refractivity contribution is 14.0. The molecule has 0 amide bonds. The molecule has 136 valence electrons. The van der Waals surface area contributed by atoms with Crippen molar-refractivity contribution in [3.63, 3.8) is 0 Å². The van der Waals surface area contributed by atoms with Gasteiger partial charge in [-0.15, -0.1) is 24.0 Å². The smallest absolute Gasteiger partial charge is 0.191 e. The van der Waals surface area contributed by atoms with Gasteiger partial charge in [0.05, 0.1) is 19.8 Å². The first-order valence-corrected chi connectivity index (χ1v) is 8.31. The molecule has 0 bridgehead atoms. The Morgan fingerprint density at radius 3 is 2.58 bits per heavy atom. The third kappa shape index (κ3) is 8.70. The Balaban J connectivity index is 0.00000288. The molecule has 0 aliphatic carbocycles. The summed E-state index contributed by atoms with van der Waals surface area (Å²) in [6.45, 7) is 7.16. The van der Waals surface area contributed by atoms with Gasteiger partial charge in [-0.2, -0.15) is 0 Å². The molecular formula is C17H29IN4O2. The van der Waals surface area contributed by atoms with E-state index in [4.69, 9.17) is 9.47 Å². The van der Waals surface area contributed by atoms with E-state index in [-0.39, 0.29) is 24.0 Å². The van der Waals surface area contributed by atoms with Gasteiger partial charge in [-0.1, -0.05) is 18.2 Å². The lowest BCUT2D eigenvalue weighted by Gasteiger charge is -2.26. The second kappa shape index (κ2) is 13.3. The number of nitrogens with zero attached hydrogens (tertiary/aromatic N) is 2. The van der Waals surface area contributed by atoms with E-state index >= 15 is 0 Å². The van der Waals surface area contributed by atoms with Gasteiger partial charge in [0.2, 0.25) is 0 Å². The van der Waals surface area contributed by atoms with Crippen LogP contribution in [0.5, 0.6) is 5.75 Å². The van der Waals surface area contributed by atoms with Crippen LogP contribution in [0.1, 0.15) is 6.42 Å². The van der Waals surface area contributed by atoms with E-state index in [0.29, 0.717) is 6.61 Å². The number of benzene rings is 1. The zero-order valence-electron chi connectivity index (χ0n) is 14.4. The van der Waals surface area contributed by atoms with Crippen LogP contribution in [0, 0.1) is 0 Å². The number of nitrogens with one attached hydrogen (secondary N) is 2. The zero-order valence-corrected chi connectivity index (χ0v) is 16.7. The Morgan fingerprint density at radius 1 is 1.17 bits per heavy atom. The summed E-state index contributed by atoms with van der Waals surface area (Å²) < 4.78 is 11.0. The predicted molar refractivity (Wildman–Crippen MR) is 109 cm³/mol. The van der Waals surface area contributed by atoms with Crippen LogP contribution in [-0.4, -0.2) is 70.5 Å². The Labute approximate surface area is 162 Å². The summed E-state index contributed by atoms with van der Waals surface area (Å²) in [5.41, 5.74) is 0. The molecule has 0 radical (unpaired) electrons. The number of ether oxygens (including phenoxy) is 2. The number of guanidine groups is 1. The molecule has 1 heterocycles. The molecule has 2 rings (SSSR count). The van der Waals surface area contributed by atoms with Crippen LogP contribution in [0.4, 0.5) is 0 Å². The summed E-state index contributed by atoms with van der Waals surface area (Å²) in [5, 5.41) is 6.65. The van der Waals surface area contributed by atoms with E-state index in [2.05, 4.69) is 20.5 Å². The van der Waals surface area contributed by atoms with E-state index in [0.717, 1.165) is 64.1 Å². The van der Waals surface area contributed by atoms with Crippen molar-refractivity contribution in [1.29, 1.82) is 0 Å². The zero-order chi connectivity index (χ0) is 16.2. The second-order valence-electron chi connectivity index (χ2n) is 5.39. The largest absolute Gasteiger partial charge is 0.494 e. The first-order chi connectivity index (χ1) is 11.4. The Morgan fingerprint density at radius 2 is 1.88 bits per heavy atom. The van der Waals surface area contributed by atoms with Gasteiger partial charge in [0, 0.05) is 39.8 Å². The molecule has 7 heteroatoms. The molecule has 0 spiro atoms. The van der Waals surface area contributed by atoms with Crippen molar-refractivity contribution in [2.24, 2.45) is 4.99 Å². The highest BCUT2D eigenvalue weighted by atomic mass is 127. The predicted octanol–water partition coefficient (Wildman–Crippen LogP) is 1.57. The van der Waals surface area contributed by atoms with Crippen molar-refractivity contribution < 1.29 is 9.47 Å². The molecule has 1 aromatic rings. The van der Waals surface area contributed by atoms with Crippen molar-refractivity contribution >= 4 is 29.9 Å². The first kappa shape index (κ1) is 21.0. The van der Waals surface area contributed by atoms with Crippen LogP contribution in [0.25, 0.3) is 0 Å². The quantitative estimate of drug-likeness (QED) is 0.274. The van der Waals surface area contributed by atoms with E-state index < -0.39 is 0 Å². The van der Waals surface area contributed by atoms with Crippen LogP contribution in [0.2, 0.25) is 0 Å². The lowest BCUT2D eigenvalue weighted by Crippen LogP contribution is -2.44. The Kier molecular flexibility index (Phi) is 11.6. The molecule has 0 aromatic heterocycles. The average molecular weight is 448 g/mol. The minimum atomic E-state index is 0. The summed E-state index contributed by atoms with van der Waals surface area (Å²) in [5.74, 6) is 1.76. The molecule has 1 aliphatic rings. The summed E-state index contributed by atoms with van der Waals surface area (Å²) >= 11 is 0. The molecule has 24 heavy (non-hydrogen) atoms. The molecular weight excluding hydrogens is 419 g/mol. The van der Waals surface area contributed by atoms with Crippen LogP contribution in [0.15, 0.2) is 35.3 Å². The van der Waals surface area contributed by atoms with E-state index in [1.54, 1.807) is 7.05 Å². The van der Waals surface area contributed by atoms with E-state index in [1.807, 2.05) is 30.3 Å². The van der Waals surface area contributed by atoms with Crippen molar-refractivity contribution in [2.75, 3.05) is 59.6 Å². The van der Waals surface area contributed by atoms with E-state index in [1.165, 1.54) is 0 Å². The van der Waals surface area contributed by atoms with Crippen molar-refractivity contribution in [3.8, 4) is 5.75 Å². The molecule has 6 nitrogen and oxygen atoms in total. The third-order valence-corrected chi connectivity index (χ3v) is 3.67. The van der Waals surface area contributed by atoms with Crippen LogP contribution < -0.4 is 15.4 Å². The van der Waals surface area contributed by atoms with Gasteiger partial charge in [0.15, 0.2) is 5.96 Å². The average Bonchev–Trinajstić information content (AvgIpc) is 2.61. The number of hydrogen-bond acceptors (Lipinski definition) is 4. The minimum absolute atomic E-state index is 0. The van der Waals surface area contributed by atoms with Gasteiger partial charge in [-0.05, 0) is 18.6 Å². The highest BCUT2D eigenvalue weighted by Crippen LogP contribution is 2.07. The van der Waals surface area contributed by atoms with Gasteiger partial charge >= 0.3 is 0 Å². The molecule has 1 fully saturated rings. The van der Waals surface area contributed by atoms with Gasteiger partial charge in [0.25, 0.3) is 0 Å². The molecule has 2 N–H and O–H groups in total. The first-order valence-electron chi connectivity index (χ1n) is 8.31. The number of morpholine rings is 1. The van der Waals surface area contributed by atoms with Crippen LogP contribution in [-0.2, 0) is 4.74 Å². The van der Waals surface area contributed by atoms with Gasteiger partial charge in [-0.25, -0.2) is 0 Å². The molecule has 1 saturated heterocycles. The number of para-hydroxylation sites is 1. The molecule has 1 aliphatic heterocycles. The topological polar surface area (TPSA) is 58.1 Å². The fourth-order valence-corrected chi connectivity index (χ4v) is 2.36. The number of halogens is 1. The van der Waals surface area contributed by atoms with E-state index in [9.17, 15) is 0 Å². The Bertz CT molecular complexity index is 453. The number of aliphatic imine (C=N–C) groups is 1. The third-order valence-electron chi connectivity index (χ3n) is 3.67. The highest BCUT2D eigenvalue weighted by Gasteiger charge is 2.09. The molecule has 0 saturated carbocycles. The van der Waals surface area contributed by atoms with Crippen LogP contribution in [0.3, 0.4) is 0 Å². The molecule has 0 unspecified atom stereocenters. The van der Waals surface area contributed by atoms with Gasteiger partial charge in [0.1, 0.15) is 5.75 Å². The van der Waals surface area contributed by atoms with Crippen LogP contribution >= 0.6 is 24.0 Å². The maximum atomic E-state index is 5.66. The minimum Gasteiger partial charge on any atom is -0.494 e. The monoisotopic (exact) mass is 448 g/mol. The van der Waals surface area contributed by atoms with Crippen molar-refractivity contribution in [1.82, 2.24) is 15.5 Å². The fraction of sp³-hybridized carbons (Fsp3) is 0.588. The lowest BCUT2D eigenvalue weighted by atomic mass is 10.3. The second-order valence-corrected chi connectivity index (χ2v) is 5.39. The summed E-state index contributed by atoms with van der Waals surface area (Å²) in [4.78, 5) is 6.64. The molecule has 0 atom stereocenters. The summed E-state index contributed by atoms with van der Waals surface area (Å²) in [6, 6.07) is 9.89. The Hall–Kier alpha value is -1.06. The standard InChI is InChI=1S/C17H28N4O2.HI/c1-18-17(20-9-10-21-11-14-22-15-12-21)19-8-5-13-23-16-6-3-2-4-7-16;/h2-4,6-7H,5,8-15H2,1H3,(H2,18,19,20);1H. The molecule has 1 aromatic carbocycles. The number of rotatable bonds is 8. The van der Waals surface area contributed by atoms with Gasteiger partial charge < -0.3 is 20.1 Å². The van der Waals surface area contributed by atoms with Crippen molar-refractivity contribution in [2.45, 2.75) is 6.42 Å². The SMILES string of the molecule is CN=C(NCCCOc1ccccc1)NCCN1CCOCC1.I. The normalized spacial score (nSPS) is 15.5.